The van der Waals surface area contributed by atoms with Crippen LogP contribution in [-0.4, -0.2) is 53.6 Å². The molecule has 6 heteroatoms. The van der Waals surface area contributed by atoms with E-state index in [1.165, 1.54) is 5.56 Å². The number of pyridine rings is 2. The lowest BCUT2D eigenvalue weighted by Gasteiger charge is -2.32. The molecular formula is C19H24N4O2. The normalized spacial score (nSPS) is 17.9. The van der Waals surface area contributed by atoms with Crippen LogP contribution < -0.4 is 10.1 Å². The van der Waals surface area contributed by atoms with Crippen LogP contribution in [0.2, 0.25) is 0 Å². The lowest BCUT2D eigenvalue weighted by atomic mass is 10.1. The van der Waals surface area contributed by atoms with Gasteiger partial charge in [-0.05, 0) is 49.6 Å². The summed E-state index contributed by atoms with van der Waals surface area (Å²) in [6.45, 7) is 3.03. The first-order valence-corrected chi connectivity index (χ1v) is 8.70. The number of ether oxygens (including phenoxy) is 1. The molecule has 1 amide bonds. The van der Waals surface area contributed by atoms with Gasteiger partial charge in [0.15, 0.2) is 0 Å². The zero-order valence-corrected chi connectivity index (χ0v) is 14.5. The van der Waals surface area contributed by atoms with Crippen LogP contribution >= 0.6 is 0 Å². The summed E-state index contributed by atoms with van der Waals surface area (Å²) in [6, 6.07) is 7.64. The first-order chi connectivity index (χ1) is 12.2. The largest absolute Gasteiger partial charge is 0.489 e. The highest BCUT2D eigenvalue weighted by molar-refractivity contribution is 5.92. The molecule has 0 radical (unpaired) electrons. The minimum Gasteiger partial charge on any atom is -0.489 e. The fourth-order valence-electron chi connectivity index (χ4n) is 3.08. The molecule has 0 spiro atoms. The minimum absolute atomic E-state index is 0.145. The second-order valence-electron chi connectivity index (χ2n) is 6.24. The van der Waals surface area contributed by atoms with Gasteiger partial charge in [-0.2, -0.15) is 0 Å². The molecule has 1 saturated heterocycles. The number of carbonyl (C=O) groups excluding carboxylic acids is 1. The van der Waals surface area contributed by atoms with Crippen LogP contribution in [0.15, 0.2) is 42.9 Å². The average Bonchev–Trinajstić information content (AvgIpc) is 2.67. The summed E-state index contributed by atoms with van der Waals surface area (Å²) in [6.07, 6.45) is 8.61. The van der Waals surface area contributed by atoms with E-state index >= 15 is 0 Å². The second kappa shape index (κ2) is 8.58. The molecule has 2 aromatic rings. The zero-order chi connectivity index (χ0) is 17.5. The van der Waals surface area contributed by atoms with Gasteiger partial charge >= 0.3 is 0 Å². The van der Waals surface area contributed by atoms with Crippen LogP contribution in [0.4, 0.5) is 0 Å². The molecule has 1 aliphatic rings. The number of hydrogen-bond acceptors (Lipinski definition) is 5. The molecule has 0 aromatic carbocycles. The first-order valence-electron chi connectivity index (χ1n) is 8.70. The number of rotatable bonds is 6. The third kappa shape index (κ3) is 5.00. The van der Waals surface area contributed by atoms with Gasteiger partial charge in [0.1, 0.15) is 17.5 Å². The van der Waals surface area contributed by atoms with E-state index in [-0.39, 0.29) is 12.0 Å². The van der Waals surface area contributed by atoms with Gasteiger partial charge in [-0.25, -0.2) is 0 Å². The van der Waals surface area contributed by atoms with Crippen molar-refractivity contribution in [2.45, 2.75) is 25.4 Å². The standard InChI is InChI=1S/C19H24N4O2/c1-20-19(24)18-13-16(6-10-22-18)25-17-3-2-11-23(14-17)12-7-15-4-8-21-9-5-15/h4-6,8-10,13,17H,2-3,7,11-12,14H2,1H3,(H,20,24). The topological polar surface area (TPSA) is 67.3 Å². The van der Waals surface area contributed by atoms with Crippen molar-refractivity contribution in [2.24, 2.45) is 0 Å². The van der Waals surface area contributed by atoms with E-state index in [4.69, 9.17) is 4.74 Å². The van der Waals surface area contributed by atoms with Crippen molar-refractivity contribution >= 4 is 5.91 Å². The highest BCUT2D eigenvalue weighted by atomic mass is 16.5. The summed E-state index contributed by atoms with van der Waals surface area (Å²) in [5.41, 5.74) is 1.69. The van der Waals surface area contributed by atoms with Gasteiger partial charge in [-0.3, -0.25) is 19.7 Å². The average molecular weight is 340 g/mol. The van der Waals surface area contributed by atoms with Crippen LogP contribution in [-0.2, 0) is 6.42 Å². The summed E-state index contributed by atoms with van der Waals surface area (Å²) in [4.78, 5) is 22.3. The van der Waals surface area contributed by atoms with E-state index in [9.17, 15) is 4.79 Å². The van der Waals surface area contributed by atoms with Gasteiger partial charge in [0.25, 0.3) is 5.91 Å². The van der Waals surface area contributed by atoms with E-state index in [1.54, 1.807) is 19.3 Å². The number of hydrogen-bond donors (Lipinski definition) is 1. The van der Waals surface area contributed by atoms with Gasteiger partial charge in [0.2, 0.25) is 0 Å². The molecular weight excluding hydrogens is 316 g/mol. The molecule has 3 heterocycles. The molecule has 3 rings (SSSR count). The van der Waals surface area contributed by atoms with E-state index in [0.29, 0.717) is 11.4 Å². The Bertz CT molecular complexity index is 693. The third-order valence-electron chi connectivity index (χ3n) is 4.42. The maximum Gasteiger partial charge on any atom is 0.269 e. The highest BCUT2D eigenvalue weighted by Gasteiger charge is 2.21. The molecule has 2 aromatic heterocycles. The molecule has 0 aliphatic carbocycles. The lowest BCUT2D eigenvalue weighted by Crippen LogP contribution is -2.42. The second-order valence-corrected chi connectivity index (χ2v) is 6.24. The Labute approximate surface area is 148 Å². The Kier molecular flexibility index (Phi) is 5.95. The van der Waals surface area contributed by atoms with Crippen molar-refractivity contribution < 1.29 is 9.53 Å². The highest BCUT2D eigenvalue weighted by Crippen LogP contribution is 2.19. The van der Waals surface area contributed by atoms with Crippen molar-refractivity contribution in [3.8, 4) is 5.75 Å². The number of carbonyl (C=O) groups is 1. The fourth-order valence-corrected chi connectivity index (χ4v) is 3.08. The van der Waals surface area contributed by atoms with Gasteiger partial charge in [0, 0.05) is 44.8 Å². The van der Waals surface area contributed by atoms with Gasteiger partial charge in [0.05, 0.1) is 0 Å². The van der Waals surface area contributed by atoms with Crippen LogP contribution in [0.3, 0.4) is 0 Å². The smallest absolute Gasteiger partial charge is 0.269 e. The number of nitrogens with zero attached hydrogens (tertiary/aromatic N) is 3. The maximum atomic E-state index is 11.7. The molecule has 1 aliphatic heterocycles. The van der Waals surface area contributed by atoms with Crippen LogP contribution in [0.1, 0.15) is 28.9 Å². The molecule has 1 fully saturated rings. The Hall–Kier alpha value is -2.47. The van der Waals surface area contributed by atoms with Crippen molar-refractivity contribution in [1.29, 1.82) is 0 Å². The predicted octanol–water partition coefficient (Wildman–Crippen LogP) is 1.92. The maximum absolute atomic E-state index is 11.7. The Balaban J connectivity index is 1.54. The lowest BCUT2D eigenvalue weighted by molar-refractivity contribution is 0.0884. The number of piperidine rings is 1. The Morgan fingerprint density at radius 1 is 1.32 bits per heavy atom. The van der Waals surface area contributed by atoms with E-state index < -0.39 is 0 Å². The van der Waals surface area contributed by atoms with Gasteiger partial charge in [-0.1, -0.05) is 0 Å². The van der Waals surface area contributed by atoms with Crippen LogP contribution in [0, 0.1) is 0 Å². The van der Waals surface area contributed by atoms with Gasteiger partial charge < -0.3 is 10.1 Å². The number of aromatic nitrogens is 2. The minimum atomic E-state index is -0.201. The van der Waals surface area contributed by atoms with Crippen molar-refractivity contribution in [3.05, 3.63) is 54.1 Å². The van der Waals surface area contributed by atoms with Gasteiger partial charge in [-0.15, -0.1) is 0 Å². The molecule has 1 atom stereocenters. The molecule has 1 unspecified atom stereocenters. The zero-order valence-electron chi connectivity index (χ0n) is 14.5. The van der Waals surface area contributed by atoms with E-state index in [2.05, 4.69) is 32.3 Å². The third-order valence-corrected chi connectivity index (χ3v) is 4.42. The summed E-state index contributed by atoms with van der Waals surface area (Å²) < 4.78 is 6.10. The van der Waals surface area contributed by atoms with Crippen molar-refractivity contribution in [1.82, 2.24) is 20.2 Å². The molecule has 25 heavy (non-hydrogen) atoms. The Morgan fingerprint density at radius 3 is 2.96 bits per heavy atom. The molecule has 132 valence electrons. The van der Waals surface area contributed by atoms with Crippen LogP contribution in [0.5, 0.6) is 5.75 Å². The summed E-state index contributed by atoms with van der Waals surface area (Å²) in [7, 11) is 1.60. The predicted molar refractivity (Wildman–Crippen MR) is 95.7 cm³/mol. The van der Waals surface area contributed by atoms with E-state index in [1.807, 2.05) is 18.5 Å². The van der Waals surface area contributed by atoms with Crippen LogP contribution in [0.25, 0.3) is 0 Å². The fraction of sp³-hybridized carbons (Fsp3) is 0.421. The number of nitrogens with one attached hydrogen (secondary N) is 1. The quantitative estimate of drug-likeness (QED) is 0.870. The van der Waals surface area contributed by atoms with Crippen molar-refractivity contribution in [2.75, 3.05) is 26.7 Å². The number of likely N-dealkylation sites (tertiary alicyclic amines) is 1. The summed E-state index contributed by atoms with van der Waals surface area (Å²) >= 11 is 0. The van der Waals surface area contributed by atoms with Crippen molar-refractivity contribution in [3.63, 3.8) is 0 Å². The molecule has 0 saturated carbocycles. The SMILES string of the molecule is CNC(=O)c1cc(OC2CCCN(CCc3ccncc3)C2)ccn1. The summed E-state index contributed by atoms with van der Waals surface area (Å²) in [5, 5.41) is 2.58. The first kappa shape index (κ1) is 17.4. The molecule has 0 bridgehead atoms. The monoisotopic (exact) mass is 340 g/mol. The van der Waals surface area contributed by atoms with E-state index in [0.717, 1.165) is 38.9 Å². The molecule has 6 nitrogen and oxygen atoms in total. The number of amides is 1. The summed E-state index contributed by atoms with van der Waals surface area (Å²) in [5.74, 6) is 0.502. The molecule has 1 N–H and O–H groups in total. The Morgan fingerprint density at radius 2 is 2.16 bits per heavy atom.